The summed E-state index contributed by atoms with van der Waals surface area (Å²) in [5.74, 6) is -0.204. The first-order valence-electron chi connectivity index (χ1n) is 6.14. The summed E-state index contributed by atoms with van der Waals surface area (Å²) in [6, 6.07) is 3.62. The molecule has 0 saturated heterocycles. The van der Waals surface area contributed by atoms with Crippen LogP contribution in [0.1, 0.15) is 12.0 Å². The number of halogens is 3. The van der Waals surface area contributed by atoms with E-state index in [4.69, 9.17) is 0 Å². The molecular formula is C13H16F3N3O2. The summed E-state index contributed by atoms with van der Waals surface area (Å²) in [5.41, 5.74) is -0.534. The van der Waals surface area contributed by atoms with Crippen molar-refractivity contribution in [1.29, 1.82) is 0 Å². The van der Waals surface area contributed by atoms with E-state index in [1.165, 1.54) is 31.1 Å². The van der Waals surface area contributed by atoms with Crippen LogP contribution in [-0.4, -0.2) is 37.5 Å². The summed E-state index contributed by atoms with van der Waals surface area (Å²) in [6.07, 6.45) is -4.26. The lowest BCUT2D eigenvalue weighted by Gasteiger charge is -2.17. The Morgan fingerprint density at radius 3 is 2.24 bits per heavy atom. The van der Waals surface area contributed by atoms with Crippen molar-refractivity contribution in [3.8, 4) is 0 Å². The molecule has 1 aromatic carbocycles. The first kappa shape index (κ1) is 16.8. The van der Waals surface area contributed by atoms with Gasteiger partial charge in [-0.05, 0) is 24.3 Å². The van der Waals surface area contributed by atoms with E-state index >= 15 is 0 Å². The smallest absolute Gasteiger partial charge is 0.359 e. The van der Waals surface area contributed by atoms with Crippen LogP contribution in [0.15, 0.2) is 24.3 Å². The Bertz CT molecular complexity index is 500. The fraction of sp³-hybridized carbons (Fsp3) is 0.385. The fourth-order valence-corrected chi connectivity index (χ4v) is 1.46. The van der Waals surface area contributed by atoms with Crippen LogP contribution < -0.4 is 10.6 Å². The summed E-state index contributed by atoms with van der Waals surface area (Å²) >= 11 is 0. The predicted molar refractivity (Wildman–Crippen MR) is 71.8 cm³/mol. The van der Waals surface area contributed by atoms with Crippen LogP contribution in [0.25, 0.3) is 0 Å². The molecule has 0 heterocycles. The topological polar surface area (TPSA) is 61.4 Å². The number of nitrogens with one attached hydrogen (secondary N) is 2. The molecule has 0 aliphatic rings. The van der Waals surface area contributed by atoms with Crippen LogP contribution in [-0.2, 0) is 11.0 Å². The summed E-state index contributed by atoms with van der Waals surface area (Å²) in [4.78, 5) is 24.1. The van der Waals surface area contributed by atoms with Gasteiger partial charge in [-0.3, -0.25) is 4.79 Å². The van der Waals surface area contributed by atoms with Gasteiger partial charge in [-0.2, -0.15) is 13.2 Å². The van der Waals surface area contributed by atoms with Gasteiger partial charge in [0.25, 0.3) is 0 Å². The van der Waals surface area contributed by atoms with Crippen LogP contribution in [0.4, 0.5) is 23.7 Å². The lowest BCUT2D eigenvalue weighted by molar-refractivity contribution is -0.137. The van der Waals surface area contributed by atoms with E-state index in [1.807, 2.05) is 0 Å². The first-order valence-corrected chi connectivity index (χ1v) is 6.14. The molecule has 0 bridgehead atoms. The summed E-state index contributed by atoms with van der Waals surface area (Å²) in [7, 11) is 2.98. The van der Waals surface area contributed by atoms with Crippen LogP contribution in [0, 0.1) is 0 Å². The lowest BCUT2D eigenvalue weighted by Crippen LogP contribution is -2.34. The number of rotatable bonds is 4. The SMILES string of the molecule is CNC(=O)CCN(C)C(=O)Nc1ccc(C(F)(F)F)cc1. The van der Waals surface area contributed by atoms with E-state index in [1.54, 1.807) is 0 Å². The van der Waals surface area contributed by atoms with Crippen molar-refractivity contribution in [3.05, 3.63) is 29.8 Å². The van der Waals surface area contributed by atoms with Gasteiger partial charge in [0, 0.05) is 32.7 Å². The molecule has 0 spiro atoms. The number of nitrogens with zero attached hydrogens (tertiary/aromatic N) is 1. The highest BCUT2D eigenvalue weighted by molar-refractivity contribution is 5.89. The van der Waals surface area contributed by atoms with Gasteiger partial charge in [0.2, 0.25) is 5.91 Å². The van der Waals surface area contributed by atoms with Crippen molar-refractivity contribution in [3.63, 3.8) is 0 Å². The molecule has 0 fully saturated rings. The number of carbonyl (C=O) groups excluding carboxylic acids is 2. The van der Waals surface area contributed by atoms with Gasteiger partial charge in [-0.1, -0.05) is 0 Å². The number of hydrogen-bond acceptors (Lipinski definition) is 2. The van der Waals surface area contributed by atoms with E-state index in [-0.39, 0.29) is 24.6 Å². The Hall–Kier alpha value is -2.25. The second kappa shape index (κ2) is 6.96. The number of carbonyl (C=O) groups is 2. The highest BCUT2D eigenvalue weighted by Crippen LogP contribution is 2.29. The Labute approximate surface area is 120 Å². The fourth-order valence-electron chi connectivity index (χ4n) is 1.46. The van der Waals surface area contributed by atoms with Gasteiger partial charge in [-0.15, -0.1) is 0 Å². The Morgan fingerprint density at radius 1 is 1.19 bits per heavy atom. The van der Waals surface area contributed by atoms with Crippen molar-refractivity contribution in [2.24, 2.45) is 0 Å². The quantitative estimate of drug-likeness (QED) is 0.896. The molecule has 1 aromatic rings. The molecule has 0 radical (unpaired) electrons. The van der Waals surface area contributed by atoms with Gasteiger partial charge in [-0.25, -0.2) is 4.79 Å². The van der Waals surface area contributed by atoms with Crippen LogP contribution >= 0.6 is 0 Å². The van der Waals surface area contributed by atoms with Crippen LogP contribution in [0.5, 0.6) is 0 Å². The minimum atomic E-state index is -4.41. The third-order valence-electron chi connectivity index (χ3n) is 2.76. The maximum Gasteiger partial charge on any atom is 0.416 e. The summed E-state index contributed by atoms with van der Waals surface area (Å²) < 4.78 is 37.2. The van der Waals surface area contributed by atoms with E-state index in [0.29, 0.717) is 0 Å². The van der Waals surface area contributed by atoms with E-state index in [0.717, 1.165) is 12.1 Å². The Kier molecular flexibility index (Phi) is 5.57. The Morgan fingerprint density at radius 2 is 1.76 bits per heavy atom. The standard InChI is InChI=1S/C13H16F3N3O2/c1-17-11(20)7-8-19(2)12(21)18-10-5-3-9(4-6-10)13(14,15)16/h3-6H,7-8H2,1-2H3,(H,17,20)(H,18,21). The van der Waals surface area contributed by atoms with Crippen molar-refractivity contribution >= 4 is 17.6 Å². The average Bonchev–Trinajstić information content (AvgIpc) is 2.43. The molecule has 0 aromatic heterocycles. The zero-order valence-electron chi connectivity index (χ0n) is 11.6. The molecule has 2 N–H and O–H groups in total. The molecule has 116 valence electrons. The van der Waals surface area contributed by atoms with E-state index < -0.39 is 17.8 Å². The molecule has 0 unspecified atom stereocenters. The second-order valence-electron chi connectivity index (χ2n) is 4.35. The highest BCUT2D eigenvalue weighted by Gasteiger charge is 2.30. The molecule has 0 aliphatic carbocycles. The maximum absolute atomic E-state index is 12.4. The van der Waals surface area contributed by atoms with Gasteiger partial charge < -0.3 is 15.5 Å². The number of urea groups is 1. The monoisotopic (exact) mass is 303 g/mol. The predicted octanol–water partition coefficient (Wildman–Crippen LogP) is 2.31. The molecule has 0 aliphatic heterocycles. The zero-order valence-corrected chi connectivity index (χ0v) is 11.6. The first-order chi connectivity index (χ1) is 9.74. The van der Waals surface area contributed by atoms with Gasteiger partial charge in [0.15, 0.2) is 0 Å². The molecule has 1 rings (SSSR count). The van der Waals surface area contributed by atoms with E-state index in [9.17, 15) is 22.8 Å². The van der Waals surface area contributed by atoms with Crippen molar-refractivity contribution in [2.75, 3.05) is 26.0 Å². The molecule has 8 heteroatoms. The van der Waals surface area contributed by atoms with Gasteiger partial charge in [0.1, 0.15) is 0 Å². The van der Waals surface area contributed by atoms with Gasteiger partial charge >= 0.3 is 12.2 Å². The van der Waals surface area contributed by atoms with Crippen molar-refractivity contribution in [2.45, 2.75) is 12.6 Å². The van der Waals surface area contributed by atoms with Crippen LogP contribution in [0.3, 0.4) is 0 Å². The van der Waals surface area contributed by atoms with Crippen molar-refractivity contribution in [1.82, 2.24) is 10.2 Å². The normalized spacial score (nSPS) is 10.9. The minimum Gasteiger partial charge on any atom is -0.359 e. The molecule has 0 saturated carbocycles. The van der Waals surface area contributed by atoms with Crippen molar-refractivity contribution < 1.29 is 22.8 Å². The van der Waals surface area contributed by atoms with E-state index in [2.05, 4.69) is 10.6 Å². The largest absolute Gasteiger partial charge is 0.416 e. The zero-order chi connectivity index (χ0) is 16.0. The molecule has 5 nitrogen and oxygen atoms in total. The third kappa shape index (κ3) is 5.33. The third-order valence-corrected chi connectivity index (χ3v) is 2.76. The number of anilines is 1. The maximum atomic E-state index is 12.4. The van der Waals surface area contributed by atoms with Crippen LogP contribution in [0.2, 0.25) is 0 Å². The number of amides is 3. The Balaban J connectivity index is 2.56. The molecule has 3 amide bonds. The molecular weight excluding hydrogens is 287 g/mol. The molecule has 21 heavy (non-hydrogen) atoms. The second-order valence-corrected chi connectivity index (χ2v) is 4.35. The average molecular weight is 303 g/mol. The van der Waals surface area contributed by atoms with Gasteiger partial charge in [0.05, 0.1) is 5.56 Å². The minimum absolute atomic E-state index is 0.146. The highest BCUT2D eigenvalue weighted by atomic mass is 19.4. The number of alkyl halides is 3. The number of benzene rings is 1. The molecule has 0 atom stereocenters. The summed E-state index contributed by atoms with van der Waals surface area (Å²) in [5, 5.41) is 4.88. The summed E-state index contributed by atoms with van der Waals surface area (Å²) in [6.45, 7) is 0.201. The number of hydrogen-bond donors (Lipinski definition) is 2. The lowest BCUT2D eigenvalue weighted by atomic mass is 10.2.